The summed E-state index contributed by atoms with van der Waals surface area (Å²) in [6.07, 6.45) is -10.6. The second kappa shape index (κ2) is 5.27. The van der Waals surface area contributed by atoms with E-state index in [4.69, 9.17) is 0 Å². The SMILES string of the molecule is CC(C(=O)c1ccc(C(F)(F)F)cc1)C(F)(F)C(F)(F)F. The minimum atomic E-state index is -5.92. The Hall–Kier alpha value is -1.67. The molecule has 1 rings (SSSR count). The molecule has 9 heteroatoms. The van der Waals surface area contributed by atoms with Crippen LogP contribution in [-0.4, -0.2) is 17.9 Å². The fourth-order valence-electron chi connectivity index (χ4n) is 1.48. The third-order valence-corrected chi connectivity index (χ3v) is 2.81. The lowest BCUT2D eigenvalue weighted by molar-refractivity contribution is -0.293. The Morgan fingerprint density at radius 2 is 1.33 bits per heavy atom. The van der Waals surface area contributed by atoms with Gasteiger partial charge in [0.15, 0.2) is 5.78 Å². The number of Topliss-reactive ketones (excluding diaryl/α,β-unsaturated/α-hetero) is 1. The first-order valence-corrected chi connectivity index (χ1v) is 5.44. The molecule has 21 heavy (non-hydrogen) atoms. The van der Waals surface area contributed by atoms with Gasteiger partial charge in [-0.1, -0.05) is 12.1 Å². The molecule has 0 heterocycles. The Morgan fingerprint density at radius 1 is 0.905 bits per heavy atom. The van der Waals surface area contributed by atoms with Crippen LogP contribution < -0.4 is 0 Å². The van der Waals surface area contributed by atoms with Crippen LogP contribution in [0.15, 0.2) is 24.3 Å². The minimum Gasteiger partial charge on any atom is -0.294 e. The third-order valence-electron chi connectivity index (χ3n) is 2.81. The Labute approximate surface area is 113 Å². The van der Waals surface area contributed by atoms with Crippen molar-refractivity contribution in [1.29, 1.82) is 0 Å². The summed E-state index contributed by atoms with van der Waals surface area (Å²) in [5.41, 5.74) is -1.80. The van der Waals surface area contributed by atoms with Crippen LogP contribution in [0.2, 0.25) is 0 Å². The average Bonchev–Trinajstić information content (AvgIpc) is 2.34. The number of ketones is 1. The highest BCUT2D eigenvalue weighted by molar-refractivity contribution is 5.98. The van der Waals surface area contributed by atoms with Crippen LogP contribution in [0.4, 0.5) is 35.1 Å². The van der Waals surface area contributed by atoms with Gasteiger partial charge < -0.3 is 0 Å². The smallest absolute Gasteiger partial charge is 0.294 e. The van der Waals surface area contributed by atoms with Crippen LogP contribution in [-0.2, 0) is 6.18 Å². The molecule has 1 aromatic carbocycles. The maximum Gasteiger partial charge on any atom is 0.454 e. The molecule has 0 aliphatic heterocycles. The van der Waals surface area contributed by atoms with Crippen molar-refractivity contribution in [2.45, 2.75) is 25.2 Å². The predicted octanol–water partition coefficient (Wildman–Crippen LogP) is 4.72. The van der Waals surface area contributed by atoms with Crippen LogP contribution >= 0.6 is 0 Å². The summed E-state index contributed by atoms with van der Waals surface area (Å²) in [6, 6.07) is 2.00. The Bertz CT molecular complexity index is 512. The molecule has 1 aromatic rings. The van der Waals surface area contributed by atoms with E-state index in [0.717, 1.165) is 0 Å². The highest BCUT2D eigenvalue weighted by Crippen LogP contribution is 2.42. The minimum absolute atomic E-state index is 0.369. The standard InChI is InChI=1S/C12H8F8O/c1-6(10(13,14)12(18,19)20)9(21)7-2-4-8(5-3-7)11(15,16)17/h2-6H,1H3. The quantitative estimate of drug-likeness (QED) is 0.582. The highest BCUT2D eigenvalue weighted by Gasteiger charge is 2.62. The van der Waals surface area contributed by atoms with Crippen molar-refractivity contribution >= 4 is 5.78 Å². The lowest BCUT2D eigenvalue weighted by Crippen LogP contribution is -2.45. The van der Waals surface area contributed by atoms with Crippen LogP contribution in [0, 0.1) is 5.92 Å². The van der Waals surface area contributed by atoms with Gasteiger partial charge in [0.25, 0.3) is 0 Å². The molecular weight excluding hydrogens is 312 g/mol. The van der Waals surface area contributed by atoms with Gasteiger partial charge in [-0.2, -0.15) is 35.1 Å². The summed E-state index contributed by atoms with van der Waals surface area (Å²) in [6.45, 7) is 0.369. The van der Waals surface area contributed by atoms with Gasteiger partial charge in [0.1, 0.15) is 0 Å². The second-order valence-electron chi connectivity index (χ2n) is 4.28. The van der Waals surface area contributed by atoms with Crippen LogP contribution in [0.3, 0.4) is 0 Å². The number of hydrogen-bond acceptors (Lipinski definition) is 1. The Morgan fingerprint density at radius 3 is 1.67 bits per heavy atom. The molecule has 0 aliphatic carbocycles. The summed E-state index contributed by atoms with van der Waals surface area (Å²) in [5.74, 6) is -9.60. The van der Waals surface area contributed by atoms with Gasteiger partial charge in [-0.3, -0.25) is 4.79 Å². The first-order valence-electron chi connectivity index (χ1n) is 5.44. The number of halogens is 8. The van der Waals surface area contributed by atoms with Crippen molar-refractivity contribution in [3.05, 3.63) is 35.4 Å². The van der Waals surface area contributed by atoms with Crippen molar-refractivity contribution < 1.29 is 39.9 Å². The molecule has 0 saturated heterocycles. The van der Waals surface area contributed by atoms with E-state index in [1.807, 2.05) is 0 Å². The average molecular weight is 320 g/mol. The van der Waals surface area contributed by atoms with E-state index in [2.05, 4.69) is 0 Å². The zero-order valence-electron chi connectivity index (χ0n) is 10.3. The maximum atomic E-state index is 13.0. The molecule has 0 amide bonds. The van der Waals surface area contributed by atoms with E-state index >= 15 is 0 Å². The summed E-state index contributed by atoms with van der Waals surface area (Å²) in [5, 5.41) is 0. The van der Waals surface area contributed by atoms with Gasteiger partial charge in [0, 0.05) is 5.56 Å². The molecule has 0 bridgehead atoms. The van der Waals surface area contributed by atoms with E-state index in [1.54, 1.807) is 0 Å². The van der Waals surface area contributed by atoms with Gasteiger partial charge in [-0.15, -0.1) is 0 Å². The fraction of sp³-hybridized carbons (Fsp3) is 0.417. The first-order chi connectivity index (χ1) is 9.28. The summed E-state index contributed by atoms with van der Waals surface area (Å²) in [7, 11) is 0. The number of carbonyl (C=O) groups excluding carboxylic acids is 1. The molecule has 0 spiro atoms. The van der Waals surface area contributed by atoms with Crippen molar-refractivity contribution in [2.24, 2.45) is 5.92 Å². The number of alkyl halides is 8. The van der Waals surface area contributed by atoms with Crippen molar-refractivity contribution in [3.63, 3.8) is 0 Å². The highest BCUT2D eigenvalue weighted by atomic mass is 19.4. The van der Waals surface area contributed by atoms with E-state index in [9.17, 15) is 39.9 Å². The van der Waals surface area contributed by atoms with Crippen molar-refractivity contribution in [1.82, 2.24) is 0 Å². The van der Waals surface area contributed by atoms with Crippen LogP contribution in [0.5, 0.6) is 0 Å². The third kappa shape index (κ3) is 3.51. The molecule has 0 fully saturated rings. The fourth-order valence-corrected chi connectivity index (χ4v) is 1.48. The molecule has 0 saturated carbocycles. The molecular formula is C12H8F8O. The van der Waals surface area contributed by atoms with Gasteiger partial charge in [0.2, 0.25) is 0 Å². The topological polar surface area (TPSA) is 17.1 Å². The molecule has 118 valence electrons. The van der Waals surface area contributed by atoms with Gasteiger partial charge >= 0.3 is 18.3 Å². The van der Waals surface area contributed by atoms with Gasteiger partial charge in [0.05, 0.1) is 11.5 Å². The van der Waals surface area contributed by atoms with Crippen LogP contribution in [0.1, 0.15) is 22.8 Å². The lowest BCUT2D eigenvalue weighted by Gasteiger charge is -2.24. The molecule has 1 nitrogen and oxygen atoms in total. The van der Waals surface area contributed by atoms with E-state index in [0.29, 0.717) is 31.2 Å². The molecule has 1 unspecified atom stereocenters. The normalized spacial score (nSPS) is 14.9. The summed E-state index contributed by atoms with van der Waals surface area (Å²) in [4.78, 5) is 11.5. The Kier molecular flexibility index (Phi) is 4.36. The van der Waals surface area contributed by atoms with Gasteiger partial charge in [-0.05, 0) is 19.1 Å². The molecule has 0 N–H and O–H groups in total. The summed E-state index contributed by atoms with van der Waals surface area (Å²) < 4.78 is 99.2. The first kappa shape index (κ1) is 17.4. The maximum absolute atomic E-state index is 13.0. The number of benzene rings is 1. The zero-order valence-corrected chi connectivity index (χ0v) is 10.3. The summed E-state index contributed by atoms with van der Waals surface area (Å²) >= 11 is 0. The predicted molar refractivity (Wildman–Crippen MR) is 55.9 cm³/mol. The van der Waals surface area contributed by atoms with Crippen molar-refractivity contribution in [3.8, 4) is 0 Å². The number of rotatable bonds is 3. The molecule has 0 radical (unpaired) electrons. The molecule has 0 aromatic heterocycles. The van der Waals surface area contributed by atoms with E-state index < -0.39 is 41.1 Å². The Balaban J connectivity index is 3.05. The second-order valence-corrected chi connectivity index (χ2v) is 4.28. The van der Waals surface area contributed by atoms with Gasteiger partial charge in [-0.25, -0.2) is 0 Å². The largest absolute Gasteiger partial charge is 0.454 e. The monoisotopic (exact) mass is 320 g/mol. The molecule has 0 aliphatic rings. The number of hydrogen-bond donors (Lipinski definition) is 0. The van der Waals surface area contributed by atoms with Crippen LogP contribution in [0.25, 0.3) is 0 Å². The number of carbonyl (C=O) groups is 1. The van der Waals surface area contributed by atoms with Crippen molar-refractivity contribution in [2.75, 3.05) is 0 Å². The van der Waals surface area contributed by atoms with E-state index in [-0.39, 0.29) is 0 Å². The lowest BCUT2D eigenvalue weighted by atomic mass is 9.92. The molecule has 1 atom stereocenters. The van der Waals surface area contributed by atoms with E-state index in [1.165, 1.54) is 0 Å². The zero-order chi connectivity index (χ0) is 16.6.